The van der Waals surface area contributed by atoms with Crippen LogP contribution in [0.1, 0.15) is 18.1 Å². The SMILES string of the molecule is Cc1cc(S(=O)(=O)N2CCSC(C)C2)cc(N)c1C. The smallest absolute Gasteiger partial charge is 0.243 e. The molecule has 0 aliphatic carbocycles. The van der Waals surface area contributed by atoms with Crippen LogP contribution in [0.5, 0.6) is 0 Å². The summed E-state index contributed by atoms with van der Waals surface area (Å²) in [6, 6.07) is 3.29. The van der Waals surface area contributed by atoms with Crippen molar-refractivity contribution in [3.05, 3.63) is 23.3 Å². The first kappa shape index (κ1) is 14.7. The van der Waals surface area contributed by atoms with Gasteiger partial charge >= 0.3 is 0 Å². The van der Waals surface area contributed by atoms with Crippen LogP contribution in [-0.4, -0.2) is 36.8 Å². The van der Waals surface area contributed by atoms with Gasteiger partial charge in [0.2, 0.25) is 10.0 Å². The Morgan fingerprint density at radius 1 is 1.37 bits per heavy atom. The maximum absolute atomic E-state index is 12.6. The van der Waals surface area contributed by atoms with Crippen molar-refractivity contribution < 1.29 is 8.42 Å². The third-order valence-electron chi connectivity index (χ3n) is 3.52. The minimum absolute atomic E-state index is 0.312. The fourth-order valence-electron chi connectivity index (χ4n) is 2.16. The van der Waals surface area contributed by atoms with Crippen LogP contribution in [0.3, 0.4) is 0 Å². The average Bonchev–Trinajstić information content (AvgIpc) is 2.35. The van der Waals surface area contributed by atoms with Crippen LogP contribution in [0.4, 0.5) is 5.69 Å². The number of thioether (sulfide) groups is 1. The van der Waals surface area contributed by atoms with E-state index in [2.05, 4.69) is 6.92 Å². The molecule has 0 saturated carbocycles. The number of aryl methyl sites for hydroxylation is 1. The molecule has 106 valence electrons. The van der Waals surface area contributed by atoms with E-state index >= 15 is 0 Å². The molecule has 1 aliphatic rings. The quantitative estimate of drug-likeness (QED) is 0.849. The highest BCUT2D eigenvalue weighted by atomic mass is 32.2. The van der Waals surface area contributed by atoms with Gasteiger partial charge in [0, 0.05) is 29.8 Å². The lowest BCUT2D eigenvalue weighted by molar-refractivity contribution is 0.424. The predicted molar refractivity (Wildman–Crippen MR) is 81.0 cm³/mol. The zero-order valence-corrected chi connectivity index (χ0v) is 13.1. The second kappa shape index (κ2) is 5.34. The van der Waals surface area contributed by atoms with Gasteiger partial charge < -0.3 is 5.73 Å². The zero-order chi connectivity index (χ0) is 14.2. The number of hydrogen-bond acceptors (Lipinski definition) is 4. The molecule has 2 rings (SSSR count). The van der Waals surface area contributed by atoms with Gasteiger partial charge in [-0.3, -0.25) is 0 Å². The van der Waals surface area contributed by atoms with Gasteiger partial charge in [-0.2, -0.15) is 16.1 Å². The molecule has 1 saturated heterocycles. The Labute approximate surface area is 119 Å². The summed E-state index contributed by atoms with van der Waals surface area (Å²) in [4.78, 5) is 0.312. The second-order valence-corrected chi connectivity index (χ2v) is 8.48. The van der Waals surface area contributed by atoms with Crippen molar-refractivity contribution in [2.75, 3.05) is 24.6 Å². The lowest BCUT2D eigenvalue weighted by atomic mass is 10.1. The van der Waals surface area contributed by atoms with E-state index in [-0.39, 0.29) is 0 Å². The normalized spacial score (nSPS) is 21.5. The van der Waals surface area contributed by atoms with E-state index < -0.39 is 10.0 Å². The number of sulfonamides is 1. The van der Waals surface area contributed by atoms with E-state index in [9.17, 15) is 8.42 Å². The van der Waals surface area contributed by atoms with Crippen molar-refractivity contribution in [2.24, 2.45) is 0 Å². The first-order valence-corrected chi connectivity index (χ1v) is 8.79. The number of rotatable bonds is 2. The van der Waals surface area contributed by atoms with E-state index in [1.807, 2.05) is 25.6 Å². The van der Waals surface area contributed by atoms with E-state index in [0.29, 0.717) is 28.9 Å². The molecule has 1 aromatic rings. The summed E-state index contributed by atoms with van der Waals surface area (Å²) in [5, 5.41) is 0.340. The number of benzene rings is 1. The average molecular weight is 300 g/mol. The molecule has 0 aromatic heterocycles. The molecule has 1 aromatic carbocycles. The molecule has 6 heteroatoms. The van der Waals surface area contributed by atoms with E-state index in [0.717, 1.165) is 16.9 Å². The Bertz CT molecular complexity index is 561. The van der Waals surface area contributed by atoms with Crippen molar-refractivity contribution in [3.63, 3.8) is 0 Å². The van der Waals surface area contributed by atoms with Gasteiger partial charge in [-0.05, 0) is 37.1 Å². The molecular formula is C13H20N2O2S2. The molecule has 1 heterocycles. The van der Waals surface area contributed by atoms with E-state index in [1.165, 1.54) is 0 Å². The van der Waals surface area contributed by atoms with Crippen LogP contribution in [0, 0.1) is 13.8 Å². The first-order valence-electron chi connectivity index (χ1n) is 6.31. The molecule has 19 heavy (non-hydrogen) atoms. The summed E-state index contributed by atoms with van der Waals surface area (Å²) >= 11 is 1.81. The Balaban J connectivity index is 2.39. The molecule has 0 amide bonds. The van der Waals surface area contributed by atoms with E-state index in [4.69, 9.17) is 5.73 Å². The summed E-state index contributed by atoms with van der Waals surface area (Å²) in [5.74, 6) is 0.848. The second-order valence-electron chi connectivity index (χ2n) is 5.00. The monoisotopic (exact) mass is 300 g/mol. The largest absolute Gasteiger partial charge is 0.398 e. The highest BCUT2D eigenvalue weighted by Gasteiger charge is 2.29. The van der Waals surface area contributed by atoms with Crippen LogP contribution in [-0.2, 0) is 10.0 Å². The third kappa shape index (κ3) is 2.90. The maximum Gasteiger partial charge on any atom is 0.243 e. The Morgan fingerprint density at radius 2 is 2.05 bits per heavy atom. The van der Waals surface area contributed by atoms with Crippen LogP contribution < -0.4 is 5.73 Å². The topological polar surface area (TPSA) is 63.4 Å². The lowest BCUT2D eigenvalue weighted by Gasteiger charge is -2.30. The van der Waals surface area contributed by atoms with Crippen LogP contribution in [0.2, 0.25) is 0 Å². The molecular weight excluding hydrogens is 280 g/mol. The summed E-state index contributed by atoms with van der Waals surface area (Å²) in [5.41, 5.74) is 8.29. The van der Waals surface area contributed by atoms with Gasteiger partial charge in [-0.25, -0.2) is 8.42 Å². The number of anilines is 1. The minimum atomic E-state index is -3.42. The standard InChI is InChI=1S/C13H20N2O2S2/c1-9-6-12(7-13(14)11(9)3)19(16,17)15-4-5-18-10(2)8-15/h6-7,10H,4-5,8,14H2,1-3H3. The van der Waals surface area contributed by atoms with Gasteiger partial charge in [-0.15, -0.1) is 0 Å². The van der Waals surface area contributed by atoms with Gasteiger partial charge in [0.1, 0.15) is 0 Å². The fourth-order valence-corrected chi connectivity index (χ4v) is 5.03. The van der Waals surface area contributed by atoms with Crippen molar-refractivity contribution in [3.8, 4) is 0 Å². The molecule has 2 N–H and O–H groups in total. The third-order valence-corrected chi connectivity index (χ3v) is 6.50. The van der Waals surface area contributed by atoms with Crippen LogP contribution in [0.25, 0.3) is 0 Å². The van der Waals surface area contributed by atoms with Gasteiger partial charge in [-0.1, -0.05) is 6.92 Å². The lowest BCUT2D eigenvalue weighted by Crippen LogP contribution is -2.41. The van der Waals surface area contributed by atoms with Crippen molar-refractivity contribution >= 4 is 27.5 Å². The summed E-state index contributed by atoms with van der Waals surface area (Å²) in [6.45, 7) is 6.99. The fraction of sp³-hybridized carbons (Fsp3) is 0.538. The van der Waals surface area contributed by atoms with Gasteiger partial charge in [0.25, 0.3) is 0 Å². The Kier molecular flexibility index (Phi) is 4.13. The Morgan fingerprint density at radius 3 is 2.63 bits per heavy atom. The molecule has 1 aliphatic heterocycles. The molecule has 0 spiro atoms. The number of nitrogen functional groups attached to an aromatic ring is 1. The number of hydrogen-bond donors (Lipinski definition) is 1. The predicted octanol–water partition coefficient (Wildman–Crippen LogP) is 2.01. The van der Waals surface area contributed by atoms with Crippen molar-refractivity contribution in [2.45, 2.75) is 30.9 Å². The number of nitrogens with two attached hydrogens (primary N) is 1. The van der Waals surface area contributed by atoms with Gasteiger partial charge in [0.15, 0.2) is 0 Å². The highest BCUT2D eigenvalue weighted by molar-refractivity contribution is 8.00. The summed E-state index contributed by atoms with van der Waals surface area (Å²) < 4.78 is 26.8. The van der Waals surface area contributed by atoms with E-state index in [1.54, 1.807) is 16.4 Å². The molecule has 1 atom stereocenters. The first-order chi connectivity index (χ1) is 8.82. The zero-order valence-electron chi connectivity index (χ0n) is 11.5. The summed E-state index contributed by atoms with van der Waals surface area (Å²) in [6.07, 6.45) is 0. The molecule has 0 radical (unpaired) electrons. The van der Waals surface area contributed by atoms with Crippen LogP contribution in [0.15, 0.2) is 17.0 Å². The van der Waals surface area contributed by atoms with Crippen molar-refractivity contribution in [1.29, 1.82) is 0 Å². The maximum atomic E-state index is 12.6. The van der Waals surface area contributed by atoms with Crippen LogP contribution >= 0.6 is 11.8 Å². The van der Waals surface area contributed by atoms with Gasteiger partial charge in [0.05, 0.1) is 4.90 Å². The minimum Gasteiger partial charge on any atom is -0.398 e. The summed E-state index contributed by atoms with van der Waals surface area (Å²) in [7, 11) is -3.42. The van der Waals surface area contributed by atoms with Crippen molar-refractivity contribution in [1.82, 2.24) is 4.31 Å². The molecule has 4 nitrogen and oxygen atoms in total. The highest BCUT2D eigenvalue weighted by Crippen LogP contribution is 2.27. The Hall–Kier alpha value is -0.720. The number of nitrogens with zero attached hydrogens (tertiary/aromatic N) is 1. The molecule has 1 unspecified atom stereocenters. The molecule has 0 bridgehead atoms. The molecule has 1 fully saturated rings.